The summed E-state index contributed by atoms with van der Waals surface area (Å²) in [5.41, 5.74) is 0. The summed E-state index contributed by atoms with van der Waals surface area (Å²) < 4.78 is 7.53. The zero-order chi connectivity index (χ0) is 17.7. The maximum atomic E-state index is 10.5. The molecule has 9 heteroatoms. The number of aliphatic hydroxyl groups excluding tert-OH is 1. The number of nitrogens with one attached hydrogen (secondary N) is 1. The van der Waals surface area contributed by atoms with Crippen molar-refractivity contribution in [2.45, 2.75) is 51.0 Å². The van der Waals surface area contributed by atoms with Crippen LogP contribution >= 0.6 is 0 Å². The molecule has 0 aromatic rings. The average molecular weight is 329 g/mol. The number of hydrogen-bond donors (Lipinski definition) is 4. The third-order valence-electron chi connectivity index (χ3n) is 2.53. The van der Waals surface area contributed by atoms with Gasteiger partial charge in [-0.15, -0.1) is 11.8 Å². The smallest absolute Gasteiger partial charge is 0.449 e. The topological polar surface area (TPSA) is 154 Å². The molecule has 1 aliphatic carbocycles. The number of carboxylic acid groups (broad SMARTS) is 2. The minimum atomic E-state index is -1.75. The molecular formula is C14H19NO8. The minimum Gasteiger partial charge on any atom is -0.449 e. The summed E-state index contributed by atoms with van der Waals surface area (Å²) >= 11 is 0. The van der Waals surface area contributed by atoms with Crippen LogP contribution in [0.3, 0.4) is 0 Å². The van der Waals surface area contributed by atoms with Crippen LogP contribution in [-0.2, 0) is 14.3 Å². The van der Waals surface area contributed by atoms with Gasteiger partial charge in [0.15, 0.2) is 5.90 Å². The second kappa shape index (κ2) is 12.0. The van der Waals surface area contributed by atoms with E-state index in [-0.39, 0.29) is 12.5 Å². The predicted molar refractivity (Wildman–Crippen MR) is 77.1 cm³/mol. The molecule has 1 atom stereocenters. The number of ether oxygens (including phenoxy) is 2. The van der Waals surface area contributed by atoms with Crippen molar-refractivity contribution in [3.05, 3.63) is 0 Å². The Balaban J connectivity index is 0.000000459. The molecule has 128 valence electrons. The van der Waals surface area contributed by atoms with Crippen molar-refractivity contribution < 1.29 is 39.2 Å². The number of esters is 1. The zero-order valence-electron chi connectivity index (χ0n) is 12.4. The van der Waals surface area contributed by atoms with Crippen LogP contribution < -0.4 is 0 Å². The molecule has 0 radical (unpaired) electrons. The fraction of sp³-hybridized carbons (Fsp3) is 0.571. The van der Waals surface area contributed by atoms with E-state index in [0.717, 1.165) is 32.1 Å². The van der Waals surface area contributed by atoms with Gasteiger partial charge in [-0.25, -0.2) is 9.59 Å². The maximum Gasteiger partial charge on any atom is 0.513 e. The van der Waals surface area contributed by atoms with Crippen molar-refractivity contribution in [3.8, 4) is 11.8 Å². The molecule has 0 spiro atoms. The molecule has 0 saturated heterocycles. The average Bonchev–Trinajstić information content (AvgIpc) is 2.40. The Labute approximate surface area is 132 Å². The Morgan fingerprint density at radius 2 is 1.61 bits per heavy atom. The van der Waals surface area contributed by atoms with Crippen LogP contribution in [-0.4, -0.2) is 45.6 Å². The summed E-state index contributed by atoms with van der Waals surface area (Å²) in [6.45, 7) is 0. The number of carbonyl (C=O) groups excluding carboxylic acids is 1. The highest BCUT2D eigenvalue weighted by Crippen LogP contribution is 2.08. The van der Waals surface area contributed by atoms with Gasteiger partial charge in [-0.1, -0.05) is 0 Å². The summed E-state index contributed by atoms with van der Waals surface area (Å²) in [6, 6.07) is 0. The monoisotopic (exact) mass is 329 g/mol. The van der Waals surface area contributed by atoms with Gasteiger partial charge in [0.2, 0.25) is 0 Å². The fourth-order valence-electron chi connectivity index (χ4n) is 1.51. The molecule has 23 heavy (non-hydrogen) atoms. The van der Waals surface area contributed by atoms with Crippen LogP contribution in [0.1, 0.15) is 44.9 Å². The fourth-order valence-corrected chi connectivity index (χ4v) is 1.51. The number of carbonyl (C=O) groups is 3. The van der Waals surface area contributed by atoms with Crippen molar-refractivity contribution in [1.82, 2.24) is 0 Å². The van der Waals surface area contributed by atoms with Gasteiger partial charge in [-0.05, 0) is 19.3 Å². The zero-order valence-corrected chi connectivity index (χ0v) is 12.4. The molecule has 0 saturated carbocycles. The first-order valence-electron chi connectivity index (χ1n) is 6.86. The maximum absolute atomic E-state index is 10.5. The van der Waals surface area contributed by atoms with E-state index in [2.05, 4.69) is 21.3 Å². The molecule has 9 nitrogen and oxygen atoms in total. The molecule has 1 aliphatic rings. The molecule has 1 rings (SSSR count). The third-order valence-corrected chi connectivity index (χ3v) is 2.53. The minimum absolute atomic E-state index is 0.0837. The number of hydrogen-bond acceptors (Lipinski definition) is 7. The standard InChI is InChI=1S/C8H12O.C6H7NO7/c9-8-6-4-2-1-3-5-7-8;7-3(13-5(9)10)1-2-4(8)14-6(11)12/h8-9H,2,4-7H2;7H,1-2H2,(H,9,10)(H,11,12). The van der Waals surface area contributed by atoms with Crippen molar-refractivity contribution in [1.29, 1.82) is 5.41 Å². The molecule has 0 heterocycles. The predicted octanol–water partition coefficient (Wildman–Crippen LogP) is 1.97. The molecule has 0 bridgehead atoms. The number of rotatable bonds is 3. The van der Waals surface area contributed by atoms with Gasteiger partial charge >= 0.3 is 18.3 Å². The van der Waals surface area contributed by atoms with E-state index in [0.29, 0.717) is 0 Å². The van der Waals surface area contributed by atoms with E-state index in [4.69, 9.17) is 20.7 Å². The van der Waals surface area contributed by atoms with E-state index in [1.165, 1.54) is 0 Å². The molecule has 0 aromatic carbocycles. The van der Waals surface area contributed by atoms with Crippen LogP contribution in [0, 0.1) is 17.3 Å². The Kier molecular flexibility index (Phi) is 10.6. The first-order chi connectivity index (χ1) is 10.8. The Hall–Kier alpha value is -2.60. The van der Waals surface area contributed by atoms with Crippen LogP contribution in [0.4, 0.5) is 9.59 Å². The summed E-state index contributed by atoms with van der Waals surface area (Å²) in [5, 5.41) is 32.0. The van der Waals surface area contributed by atoms with Gasteiger partial charge in [0.05, 0.1) is 12.5 Å². The highest BCUT2D eigenvalue weighted by atomic mass is 16.7. The molecule has 0 aliphatic heterocycles. The summed E-state index contributed by atoms with van der Waals surface area (Å²) in [5.74, 6) is 4.33. The lowest BCUT2D eigenvalue weighted by molar-refractivity contribution is -0.138. The van der Waals surface area contributed by atoms with Gasteiger partial charge < -0.3 is 24.8 Å². The van der Waals surface area contributed by atoms with Crippen molar-refractivity contribution in [2.75, 3.05) is 0 Å². The Bertz CT molecular complexity index is 463. The first-order valence-corrected chi connectivity index (χ1v) is 6.86. The van der Waals surface area contributed by atoms with Gasteiger partial charge in [0.1, 0.15) is 0 Å². The Morgan fingerprint density at radius 1 is 1.00 bits per heavy atom. The third kappa shape index (κ3) is 14.1. The van der Waals surface area contributed by atoms with Crippen molar-refractivity contribution in [3.63, 3.8) is 0 Å². The van der Waals surface area contributed by atoms with E-state index in [1.807, 2.05) is 0 Å². The van der Waals surface area contributed by atoms with Gasteiger partial charge in [0.25, 0.3) is 0 Å². The molecule has 0 fully saturated rings. The SMILES string of the molecule is N=C(CCC(=O)OC(=O)O)OC(=O)O.OC1CCC#CCCC1. The lowest BCUT2D eigenvalue weighted by Gasteiger charge is -2.07. The molecule has 1 unspecified atom stereocenters. The van der Waals surface area contributed by atoms with Crippen LogP contribution in [0.25, 0.3) is 0 Å². The van der Waals surface area contributed by atoms with Crippen LogP contribution in [0.2, 0.25) is 0 Å². The number of aliphatic hydroxyl groups is 1. The lowest BCUT2D eigenvalue weighted by Crippen LogP contribution is -2.14. The molecule has 0 amide bonds. The van der Waals surface area contributed by atoms with Crippen molar-refractivity contribution in [2.24, 2.45) is 0 Å². The first kappa shape index (κ1) is 20.4. The van der Waals surface area contributed by atoms with E-state index < -0.39 is 30.6 Å². The highest BCUT2D eigenvalue weighted by molar-refractivity contribution is 5.87. The van der Waals surface area contributed by atoms with E-state index in [9.17, 15) is 14.4 Å². The lowest BCUT2D eigenvalue weighted by atomic mass is 10.1. The molecule has 0 aromatic heterocycles. The summed E-state index contributed by atoms with van der Waals surface area (Å²) in [7, 11) is 0. The largest absolute Gasteiger partial charge is 0.513 e. The van der Waals surface area contributed by atoms with E-state index >= 15 is 0 Å². The summed E-state index contributed by atoms with van der Waals surface area (Å²) in [6.07, 6.45) is 0.451. The normalized spacial score (nSPS) is 16.1. The van der Waals surface area contributed by atoms with E-state index in [1.54, 1.807) is 0 Å². The van der Waals surface area contributed by atoms with Crippen molar-refractivity contribution >= 4 is 24.2 Å². The second-order valence-electron chi connectivity index (χ2n) is 4.47. The molecule has 4 N–H and O–H groups in total. The highest BCUT2D eigenvalue weighted by Gasteiger charge is 2.11. The summed E-state index contributed by atoms with van der Waals surface area (Å²) in [4.78, 5) is 30.2. The van der Waals surface area contributed by atoms with Crippen LogP contribution in [0.5, 0.6) is 0 Å². The van der Waals surface area contributed by atoms with Gasteiger partial charge in [0, 0.05) is 19.3 Å². The quantitative estimate of drug-likeness (QED) is 0.201. The Morgan fingerprint density at radius 3 is 2.22 bits per heavy atom. The second-order valence-corrected chi connectivity index (χ2v) is 4.47. The van der Waals surface area contributed by atoms with Gasteiger partial charge in [-0.3, -0.25) is 10.2 Å². The van der Waals surface area contributed by atoms with Crippen LogP contribution in [0.15, 0.2) is 0 Å². The molecular weight excluding hydrogens is 310 g/mol. The van der Waals surface area contributed by atoms with Gasteiger partial charge in [-0.2, -0.15) is 0 Å².